The van der Waals surface area contributed by atoms with E-state index in [9.17, 15) is 4.79 Å². The fourth-order valence-electron chi connectivity index (χ4n) is 3.05. The van der Waals surface area contributed by atoms with Crippen LogP contribution in [0.5, 0.6) is 0 Å². The summed E-state index contributed by atoms with van der Waals surface area (Å²) in [6.07, 6.45) is 5.61. The summed E-state index contributed by atoms with van der Waals surface area (Å²) in [5, 5.41) is 15.0. The minimum atomic E-state index is -0.241. The smallest absolute Gasteiger partial charge is 0.253 e. The van der Waals surface area contributed by atoms with Crippen LogP contribution in [-0.4, -0.2) is 39.0 Å². The van der Waals surface area contributed by atoms with E-state index in [0.29, 0.717) is 18.7 Å². The van der Waals surface area contributed by atoms with Gasteiger partial charge in [0.2, 0.25) is 0 Å². The van der Waals surface area contributed by atoms with Crippen LogP contribution in [0.2, 0.25) is 0 Å². The first-order chi connectivity index (χ1) is 12.8. The van der Waals surface area contributed by atoms with Gasteiger partial charge in [0.05, 0.1) is 36.8 Å². The Morgan fingerprint density at radius 1 is 1.23 bits per heavy atom. The lowest BCUT2D eigenvalue weighted by atomic mass is 10.1. The molecule has 1 aliphatic rings. The second kappa shape index (κ2) is 7.45. The van der Waals surface area contributed by atoms with E-state index < -0.39 is 0 Å². The Kier molecular flexibility index (Phi) is 4.70. The molecule has 26 heavy (non-hydrogen) atoms. The molecule has 132 valence electrons. The van der Waals surface area contributed by atoms with Gasteiger partial charge in [-0.3, -0.25) is 9.48 Å². The Bertz CT molecular complexity index is 879. The molecule has 1 unspecified atom stereocenters. The highest BCUT2D eigenvalue weighted by Crippen LogP contribution is 2.25. The summed E-state index contributed by atoms with van der Waals surface area (Å²) in [4.78, 5) is 12.2. The van der Waals surface area contributed by atoms with Gasteiger partial charge in [-0.25, -0.2) is 0 Å². The molecule has 0 bridgehead atoms. The Morgan fingerprint density at radius 3 is 2.92 bits per heavy atom. The molecule has 0 aliphatic carbocycles. The quantitative estimate of drug-likeness (QED) is 0.759. The number of hydrogen-bond acceptors (Lipinski definition) is 5. The predicted molar refractivity (Wildman–Crippen MR) is 94.5 cm³/mol. The number of nitrogens with one attached hydrogen (secondary N) is 1. The first-order valence-corrected chi connectivity index (χ1v) is 8.56. The van der Waals surface area contributed by atoms with E-state index in [-0.39, 0.29) is 12.0 Å². The number of carbonyl (C=O) groups is 1. The normalized spacial score (nSPS) is 16.1. The van der Waals surface area contributed by atoms with Gasteiger partial charge >= 0.3 is 0 Å². The maximum Gasteiger partial charge on any atom is 0.253 e. The zero-order valence-electron chi connectivity index (χ0n) is 14.2. The van der Waals surface area contributed by atoms with E-state index in [1.807, 2.05) is 22.9 Å². The molecule has 0 saturated heterocycles. The van der Waals surface area contributed by atoms with Crippen molar-refractivity contribution in [3.05, 3.63) is 77.4 Å². The maximum absolute atomic E-state index is 12.2. The van der Waals surface area contributed by atoms with Gasteiger partial charge in [-0.2, -0.15) is 15.3 Å². The molecule has 1 atom stereocenters. The largest absolute Gasteiger partial charge is 0.370 e. The molecule has 3 aromatic rings. The molecule has 7 heteroatoms. The van der Waals surface area contributed by atoms with E-state index in [2.05, 4.69) is 33.8 Å². The van der Waals surface area contributed by atoms with Gasteiger partial charge < -0.3 is 10.1 Å². The number of benzene rings is 1. The first kappa shape index (κ1) is 16.4. The number of hydrogen-bond donors (Lipinski definition) is 1. The number of carbonyl (C=O) groups excluding carboxylic acids is 1. The van der Waals surface area contributed by atoms with Crippen molar-refractivity contribution in [2.75, 3.05) is 13.2 Å². The average molecular weight is 349 g/mol. The monoisotopic (exact) mass is 349 g/mol. The van der Waals surface area contributed by atoms with Crippen molar-refractivity contribution in [3.8, 4) is 0 Å². The van der Waals surface area contributed by atoms with E-state index in [0.717, 1.165) is 18.7 Å². The number of aromatic nitrogens is 4. The van der Waals surface area contributed by atoms with Gasteiger partial charge in [-0.15, -0.1) is 0 Å². The molecule has 2 aromatic heterocycles. The molecule has 0 spiro atoms. The molecule has 1 N–H and O–H groups in total. The molecule has 1 amide bonds. The van der Waals surface area contributed by atoms with Gasteiger partial charge in [0.25, 0.3) is 5.91 Å². The van der Waals surface area contributed by atoms with Crippen molar-refractivity contribution < 1.29 is 9.53 Å². The minimum absolute atomic E-state index is 0.195. The van der Waals surface area contributed by atoms with Crippen LogP contribution in [0.1, 0.15) is 33.3 Å². The Balaban J connectivity index is 1.44. The van der Waals surface area contributed by atoms with Gasteiger partial charge in [0.15, 0.2) is 0 Å². The van der Waals surface area contributed by atoms with Crippen LogP contribution in [0, 0.1) is 0 Å². The van der Waals surface area contributed by atoms with Crippen LogP contribution in [0.4, 0.5) is 0 Å². The summed E-state index contributed by atoms with van der Waals surface area (Å²) in [6.45, 7) is 1.72. The van der Waals surface area contributed by atoms with Crippen LogP contribution < -0.4 is 5.32 Å². The minimum Gasteiger partial charge on any atom is -0.370 e. The Morgan fingerprint density at radius 2 is 2.12 bits per heavy atom. The molecule has 7 nitrogen and oxygen atoms in total. The van der Waals surface area contributed by atoms with E-state index in [4.69, 9.17) is 9.84 Å². The third-order valence-electron chi connectivity index (χ3n) is 4.35. The summed E-state index contributed by atoms with van der Waals surface area (Å²) in [5.74, 6) is -0.195. The third-order valence-corrected chi connectivity index (χ3v) is 4.35. The zero-order chi connectivity index (χ0) is 17.8. The van der Waals surface area contributed by atoms with Crippen molar-refractivity contribution in [3.63, 3.8) is 0 Å². The van der Waals surface area contributed by atoms with Gasteiger partial charge in [0, 0.05) is 12.7 Å². The summed E-state index contributed by atoms with van der Waals surface area (Å²) in [7, 11) is 0. The lowest BCUT2D eigenvalue weighted by Gasteiger charge is -2.22. The number of ether oxygens (including phenoxy) is 1. The van der Waals surface area contributed by atoms with Crippen molar-refractivity contribution in [2.24, 2.45) is 0 Å². The lowest BCUT2D eigenvalue weighted by Crippen LogP contribution is -2.32. The first-order valence-electron chi connectivity index (χ1n) is 8.56. The van der Waals surface area contributed by atoms with Gasteiger partial charge in [-0.05, 0) is 23.6 Å². The molecular formula is C19H19N5O2. The highest BCUT2D eigenvalue weighted by atomic mass is 16.5. The average Bonchev–Trinajstić information content (AvgIpc) is 3.10. The van der Waals surface area contributed by atoms with E-state index >= 15 is 0 Å². The Hall–Kier alpha value is -3.06. The highest BCUT2D eigenvalue weighted by Gasteiger charge is 2.25. The summed E-state index contributed by atoms with van der Waals surface area (Å²) < 4.78 is 7.78. The molecule has 0 saturated carbocycles. The van der Waals surface area contributed by atoms with Crippen molar-refractivity contribution >= 4 is 5.91 Å². The molecule has 1 aliphatic heterocycles. The number of nitrogens with zero attached hydrogens (tertiary/aromatic N) is 4. The number of amides is 1. The number of fused-ring (bicyclic) bond motifs is 1. The topological polar surface area (TPSA) is 81.9 Å². The molecule has 0 radical (unpaired) electrons. The summed E-state index contributed by atoms with van der Waals surface area (Å²) >= 11 is 0. The fraction of sp³-hybridized carbons (Fsp3) is 0.263. The standard InChI is InChI=1S/C19H19N5O2/c25-19(15-6-8-21-22-10-15)20-11-17-18-16(7-9-26-17)13-24(23-18)12-14-4-2-1-3-5-14/h1-6,8,10,13,17H,7,9,11-12H2,(H,20,25). The van der Waals surface area contributed by atoms with Gasteiger partial charge in [0.1, 0.15) is 6.10 Å². The molecular weight excluding hydrogens is 330 g/mol. The van der Waals surface area contributed by atoms with Crippen molar-refractivity contribution in [2.45, 2.75) is 19.1 Å². The predicted octanol–water partition coefficient (Wildman–Crippen LogP) is 1.77. The lowest BCUT2D eigenvalue weighted by molar-refractivity contribution is 0.0383. The van der Waals surface area contributed by atoms with Crippen LogP contribution in [0.15, 0.2) is 55.0 Å². The third kappa shape index (κ3) is 3.62. The number of rotatable bonds is 5. The van der Waals surface area contributed by atoms with Crippen molar-refractivity contribution in [1.82, 2.24) is 25.3 Å². The van der Waals surface area contributed by atoms with Crippen LogP contribution >= 0.6 is 0 Å². The van der Waals surface area contributed by atoms with Crippen molar-refractivity contribution in [1.29, 1.82) is 0 Å². The van der Waals surface area contributed by atoms with Crippen LogP contribution in [-0.2, 0) is 17.7 Å². The highest BCUT2D eigenvalue weighted by molar-refractivity contribution is 5.93. The summed E-state index contributed by atoms with van der Waals surface area (Å²) in [6, 6.07) is 11.8. The molecule has 3 heterocycles. The van der Waals surface area contributed by atoms with Crippen LogP contribution in [0.3, 0.4) is 0 Å². The SMILES string of the molecule is O=C(NCC1OCCc2cn(Cc3ccccc3)nc21)c1ccnnc1. The summed E-state index contributed by atoms with van der Waals surface area (Å²) in [5.41, 5.74) is 3.76. The van der Waals surface area contributed by atoms with Crippen LogP contribution in [0.25, 0.3) is 0 Å². The molecule has 4 rings (SSSR count). The second-order valence-corrected chi connectivity index (χ2v) is 6.17. The maximum atomic E-state index is 12.2. The zero-order valence-corrected chi connectivity index (χ0v) is 14.2. The molecule has 0 fully saturated rings. The van der Waals surface area contributed by atoms with E-state index in [1.165, 1.54) is 23.5 Å². The fourth-order valence-corrected chi connectivity index (χ4v) is 3.05. The van der Waals surface area contributed by atoms with E-state index in [1.54, 1.807) is 6.07 Å². The second-order valence-electron chi connectivity index (χ2n) is 6.17. The van der Waals surface area contributed by atoms with Gasteiger partial charge in [-0.1, -0.05) is 30.3 Å². The molecule has 1 aromatic carbocycles. The Labute approximate surface area is 151 Å².